The van der Waals surface area contributed by atoms with Crippen LogP contribution in [0.15, 0.2) is 58.7 Å². The fourth-order valence-corrected chi connectivity index (χ4v) is 4.55. The molecule has 1 amide bonds. The van der Waals surface area contributed by atoms with Gasteiger partial charge in [-0.2, -0.15) is 4.36 Å². The summed E-state index contributed by atoms with van der Waals surface area (Å²) in [6.45, 7) is 1.65. The molecule has 0 radical (unpaired) electrons. The molecule has 0 bridgehead atoms. The molecule has 4 N–H and O–H groups in total. The number of aryl methyl sites for hydroxylation is 1. The molecule has 0 atom stereocenters. The van der Waals surface area contributed by atoms with Gasteiger partial charge in [0.15, 0.2) is 0 Å². The maximum Gasteiger partial charge on any atom is 0.244 e. The van der Waals surface area contributed by atoms with Crippen molar-refractivity contribution in [3.05, 3.63) is 65.7 Å². The molecule has 4 rings (SSSR count). The van der Waals surface area contributed by atoms with E-state index in [0.717, 1.165) is 16.8 Å². The van der Waals surface area contributed by atoms with E-state index in [-0.39, 0.29) is 11.5 Å². The van der Waals surface area contributed by atoms with Crippen molar-refractivity contribution >= 4 is 44.3 Å². The number of aromatic nitrogens is 3. The van der Waals surface area contributed by atoms with Gasteiger partial charge in [-0.25, -0.2) is 18.6 Å². The number of hydrogen-bond acceptors (Lipinski definition) is 6. The van der Waals surface area contributed by atoms with Gasteiger partial charge in [-0.3, -0.25) is 4.79 Å². The number of carbonyl (C=O) groups is 1. The van der Waals surface area contributed by atoms with E-state index >= 15 is 4.39 Å². The Balaban J connectivity index is 1.96. The van der Waals surface area contributed by atoms with Crippen molar-refractivity contribution in [2.75, 3.05) is 18.2 Å². The van der Waals surface area contributed by atoms with E-state index in [9.17, 15) is 9.00 Å². The zero-order chi connectivity index (χ0) is 25.5. The second kappa shape index (κ2) is 8.95. The van der Waals surface area contributed by atoms with Crippen LogP contribution in [0, 0.1) is 5.82 Å². The lowest BCUT2D eigenvalue weighted by Gasteiger charge is -2.10. The number of benzene rings is 2. The summed E-state index contributed by atoms with van der Waals surface area (Å²) in [5.41, 5.74) is 16.2. The van der Waals surface area contributed by atoms with Gasteiger partial charge in [0.25, 0.3) is 0 Å². The molecule has 0 saturated heterocycles. The number of halogens is 1. The predicted octanol–water partition coefficient (Wildman–Crippen LogP) is 4.27. The summed E-state index contributed by atoms with van der Waals surface area (Å²) in [5, 5.41) is 0.595. The highest BCUT2D eigenvalue weighted by Gasteiger charge is 2.22. The van der Waals surface area contributed by atoms with Gasteiger partial charge >= 0.3 is 0 Å². The molecule has 35 heavy (non-hydrogen) atoms. The van der Waals surface area contributed by atoms with Crippen LogP contribution in [0.25, 0.3) is 39.5 Å². The van der Waals surface area contributed by atoms with E-state index in [0.29, 0.717) is 27.7 Å². The minimum absolute atomic E-state index is 0.0238. The van der Waals surface area contributed by atoms with E-state index < -0.39 is 21.5 Å². The van der Waals surface area contributed by atoms with E-state index in [1.165, 1.54) is 31.0 Å². The van der Waals surface area contributed by atoms with Crippen LogP contribution in [-0.4, -0.2) is 37.2 Å². The molecule has 0 unspecified atom stereocenters. The Labute approximate surface area is 202 Å². The van der Waals surface area contributed by atoms with Gasteiger partial charge < -0.3 is 16.0 Å². The standard InChI is InChI=1S/C25H25FN6O2S/c1-14(24(28)33)11-15-5-7-16(8-6-15)22-20(21-23(27)29-13-30-25(21)32(22)2)17-9-10-19(18(26)12-17)31-35(3,4)34/h5-13H,1-4H3,(H2,28,33)(H2,27,29,30). The van der Waals surface area contributed by atoms with E-state index in [1.807, 2.05) is 35.9 Å². The molecule has 2 aromatic heterocycles. The summed E-state index contributed by atoms with van der Waals surface area (Å²) in [4.78, 5) is 19.9. The molecule has 4 aromatic rings. The molecule has 8 nitrogen and oxygen atoms in total. The van der Waals surface area contributed by atoms with Crippen LogP contribution in [0.4, 0.5) is 15.9 Å². The van der Waals surface area contributed by atoms with Gasteiger partial charge in [0, 0.05) is 40.4 Å². The molecule has 0 aliphatic carbocycles. The quantitative estimate of drug-likeness (QED) is 0.402. The number of amides is 1. The summed E-state index contributed by atoms with van der Waals surface area (Å²) < 4.78 is 32.9. The molecule has 2 aromatic carbocycles. The molecule has 180 valence electrons. The maximum absolute atomic E-state index is 15.0. The van der Waals surface area contributed by atoms with Crippen LogP contribution in [0.5, 0.6) is 0 Å². The van der Waals surface area contributed by atoms with Gasteiger partial charge in [0.1, 0.15) is 29.3 Å². The summed E-state index contributed by atoms with van der Waals surface area (Å²) in [6, 6.07) is 12.1. The highest BCUT2D eigenvalue weighted by Crippen LogP contribution is 2.42. The zero-order valence-corrected chi connectivity index (χ0v) is 20.6. The number of nitrogen functional groups attached to an aromatic ring is 1. The molecule has 0 aliphatic heterocycles. The number of nitrogens with zero attached hydrogens (tertiary/aromatic N) is 4. The first-order valence-corrected chi connectivity index (χ1v) is 12.9. The van der Waals surface area contributed by atoms with E-state index in [4.69, 9.17) is 11.5 Å². The number of nitrogens with two attached hydrogens (primary N) is 2. The fourth-order valence-electron chi connectivity index (χ4n) is 3.93. The molecule has 2 heterocycles. The minimum atomic E-state index is -2.53. The first-order chi connectivity index (χ1) is 16.5. The fraction of sp³-hybridized carbons (Fsp3) is 0.160. The third-order valence-corrected chi connectivity index (χ3v) is 6.14. The Morgan fingerprint density at radius 2 is 1.77 bits per heavy atom. The van der Waals surface area contributed by atoms with Crippen LogP contribution in [0.2, 0.25) is 0 Å². The Morgan fingerprint density at radius 1 is 1.11 bits per heavy atom. The third kappa shape index (κ3) is 4.78. The smallest absolute Gasteiger partial charge is 0.244 e. The topological polar surface area (TPSA) is 129 Å². The summed E-state index contributed by atoms with van der Waals surface area (Å²) >= 11 is 0. The Morgan fingerprint density at radius 3 is 2.37 bits per heavy atom. The van der Waals surface area contributed by atoms with Crippen molar-refractivity contribution in [2.24, 2.45) is 17.1 Å². The van der Waals surface area contributed by atoms with Gasteiger partial charge in [-0.1, -0.05) is 30.3 Å². The lowest BCUT2D eigenvalue weighted by molar-refractivity contribution is -0.114. The number of fused-ring (bicyclic) bond motifs is 1. The molecule has 10 heteroatoms. The largest absolute Gasteiger partial charge is 0.383 e. The lowest BCUT2D eigenvalue weighted by Crippen LogP contribution is -2.11. The van der Waals surface area contributed by atoms with Crippen molar-refractivity contribution in [3.63, 3.8) is 0 Å². The minimum Gasteiger partial charge on any atom is -0.383 e. The van der Waals surface area contributed by atoms with Crippen molar-refractivity contribution in [2.45, 2.75) is 6.92 Å². The molecule has 0 aliphatic rings. The van der Waals surface area contributed by atoms with Crippen LogP contribution in [-0.2, 0) is 21.6 Å². The molecular formula is C25H25FN6O2S. The van der Waals surface area contributed by atoms with Gasteiger partial charge in [-0.15, -0.1) is 0 Å². The normalized spacial score (nSPS) is 12.2. The second-order valence-electron chi connectivity index (χ2n) is 8.49. The first kappa shape index (κ1) is 24.1. The summed E-state index contributed by atoms with van der Waals surface area (Å²) in [6.07, 6.45) is 5.98. The average molecular weight is 493 g/mol. The maximum atomic E-state index is 15.0. The van der Waals surface area contributed by atoms with Gasteiger partial charge in [0.05, 0.1) is 11.1 Å². The van der Waals surface area contributed by atoms with Crippen LogP contribution in [0.1, 0.15) is 12.5 Å². The highest BCUT2D eigenvalue weighted by molar-refractivity contribution is 7.92. The molecular weight excluding hydrogens is 467 g/mol. The van der Waals surface area contributed by atoms with Gasteiger partial charge in [-0.05, 0) is 41.8 Å². The number of hydrogen-bond donors (Lipinski definition) is 2. The third-order valence-electron chi connectivity index (χ3n) is 5.51. The lowest BCUT2D eigenvalue weighted by atomic mass is 9.97. The number of carbonyl (C=O) groups excluding carboxylic acids is 1. The SMILES string of the molecule is CC(=Cc1ccc(-c2c(-c3ccc(N=S(C)(C)=O)c(F)c3)c3c(N)ncnc3n2C)cc1)C(N)=O. The van der Waals surface area contributed by atoms with E-state index in [2.05, 4.69) is 14.3 Å². The van der Waals surface area contributed by atoms with Crippen molar-refractivity contribution in [1.29, 1.82) is 0 Å². The Kier molecular flexibility index (Phi) is 6.16. The first-order valence-electron chi connectivity index (χ1n) is 10.6. The van der Waals surface area contributed by atoms with Crippen LogP contribution < -0.4 is 11.5 Å². The predicted molar refractivity (Wildman–Crippen MR) is 139 cm³/mol. The van der Waals surface area contributed by atoms with Crippen molar-refractivity contribution < 1.29 is 13.4 Å². The monoisotopic (exact) mass is 492 g/mol. The van der Waals surface area contributed by atoms with Crippen LogP contribution in [0.3, 0.4) is 0 Å². The van der Waals surface area contributed by atoms with Crippen molar-refractivity contribution in [3.8, 4) is 22.4 Å². The Bertz CT molecular complexity index is 1620. The molecule has 0 spiro atoms. The number of rotatable bonds is 5. The molecule has 0 saturated carbocycles. The number of anilines is 1. The Hall–Kier alpha value is -4.05. The average Bonchev–Trinajstić information content (AvgIpc) is 3.08. The van der Waals surface area contributed by atoms with Gasteiger partial charge in [0.2, 0.25) is 5.91 Å². The zero-order valence-electron chi connectivity index (χ0n) is 19.7. The summed E-state index contributed by atoms with van der Waals surface area (Å²) in [7, 11) is -0.677. The van der Waals surface area contributed by atoms with Crippen molar-refractivity contribution in [1.82, 2.24) is 14.5 Å². The highest BCUT2D eigenvalue weighted by atomic mass is 32.2. The van der Waals surface area contributed by atoms with E-state index in [1.54, 1.807) is 19.1 Å². The summed E-state index contributed by atoms with van der Waals surface area (Å²) in [5.74, 6) is -0.819. The number of primary amides is 1. The second-order valence-corrected chi connectivity index (χ2v) is 11.0. The molecule has 0 fully saturated rings. The van der Waals surface area contributed by atoms with Crippen LogP contribution >= 0.6 is 0 Å².